The third-order valence-electron chi connectivity index (χ3n) is 4.11. The maximum Gasteiger partial charge on any atom is 0.326 e. The summed E-state index contributed by atoms with van der Waals surface area (Å²) in [4.78, 5) is 38.5. The van der Waals surface area contributed by atoms with Crippen LogP contribution in [0.15, 0.2) is 27.6 Å². The molecule has 2 aliphatic heterocycles. The molecule has 0 saturated carbocycles. The van der Waals surface area contributed by atoms with Crippen molar-refractivity contribution >= 4 is 56.7 Å². The largest absolute Gasteiger partial charge is 0.480 e. The first-order valence-electron chi connectivity index (χ1n) is 7.81. The molecule has 1 aromatic rings. The minimum Gasteiger partial charge on any atom is -0.480 e. The Labute approximate surface area is 157 Å². The summed E-state index contributed by atoms with van der Waals surface area (Å²) in [6, 6.07) is 4.48. The lowest BCUT2D eigenvalue weighted by Gasteiger charge is -2.24. The van der Waals surface area contributed by atoms with E-state index in [0.717, 1.165) is 4.47 Å². The zero-order chi connectivity index (χ0) is 18.3. The molecule has 1 saturated heterocycles. The number of hydrogen-bond donors (Lipinski definition) is 2. The van der Waals surface area contributed by atoms with Gasteiger partial charge in [-0.15, -0.1) is 0 Å². The standard InChI is InChI=1S/C17H17BrN2O4S/c1-8(2)5-12(17(23)24)20-7-25-14(16(20)22)13-10-6-9(18)3-4-11(10)19-15(13)21/h3-4,6,8,12H,5,7H2,1-2H3,(H,19,21)(H,23,24)/b14-13-/t12-/m1/s1. The van der Waals surface area contributed by atoms with Crippen molar-refractivity contribution in [3.8, 4) is 0 Å². The highest BCUT2D eigenvalue weighted by molar-refractivity contribution is 9.10. The molecule has 3 rings (SSSR count). The first-order valence-corrected chi connectivity index (χ1v) is 9.59. The van der Waals surface area contributed by atoms with Crippen molar-refractivity contribution in [1.82, 2.24) is 4.90 Å². The van der Waals surface area contributed by atoms with E-state index in [0.29, 0.717) is 28.1 Å². The predicted octanol–water partition coefficient (Wildman–Crippen LogP) is 3.14. The summed E-state index contributed by atoms with van der Waals surface area (Å²) >= 11 is 4.59. The van der Waals surface area contributed by atoms with Crippen LogP contribution in [0.2, 0.25) is 0 Å². The molecule has 1 atom stereocenters. The van der Waals surface area contributed by atoms with Gasteiger partial charge in [0.1, 0.15) is 6.04 Å². The van der Waals surface area contributed by atoms with E-state index in [2.05, 4.69) is 21.2 Å². The minimum atomic E-state index is -1.02. The van der Waals surface area contributed by atoms with Gasteiger partial charge in [-0.1, -0.05) is 41.5 Å². The highest BCUT2D eigenvalue weighted by Crippen LogP contribution is 2.42. The molecule has 2 aliphatic rings. The van der Waals surface area contributed by atoms with Crippen LogP contribution in [0, 0.1) is 5.92 Å². The number of carbonyl (C=O) groups excluding carboxylic acids is 2. The Morgan fingerprint density at radius 3 is 2.76 bits per heavy atom. The molecule has 0 aliphatic carbocycles. The number of carboxylic acids is 1. The number of carboxylic acid groups (broad SMARTS) is 1. The number of benzene rings is 1. The number of hydrogen-bond acceptors (Lipinski definition) is 4. The van der Waals surface area contributed by atoms with E-state index in [9.17, 15) is 19.5 Å². The fourth-order valence-electron chi connectivity index (χ4n) is 2.97. The fourth-order valence-corrected chi connectivity index (χ4v) is 4.48. The first-order chi connectivity index (χ1) is 11.8. The molecule has 0 radical (unpaired) electrons. The number of nitrogens with zero attached hydrogens (tertiary/aromatic N) is 1. The Kier molecular flexibility index (Phi) is 4.92. The molecule has 0 aromatic heterocycles. The molecule has 132 valence electrons. The maximum absolute atomic E-state index is 12.9. The summed E-state index contributed by atoms with van der Waals surface area (Å²) in [5.74, 6) is -1.37. The van der Waals surface area contributed by atoms with Crippen molar-refractivity contribution in [2.75, 3.05) is 11.2 Å². The molecule has 25 heavy (non-hydrogen) atoms. The molecule has 6 nitrogen and oxygen atoms in total. The monoisotopic (exact) mass is 424 g/mol. The van der Waals surface area contributed by atoms with Crippen molar-refractivity contribution in [2.45, 2.75) is 26.3 Å². The average Bonchev–Trinajstić information content (AvgIpc) is 3.03. The quantitative estimate of drug-likeness (QED) is 0.724. The van der Waals surface area contributed by atoms with Crippen LogP contribution in [0.5, 0.6) is 0 Å². The summed E-state index contributed by atoms with van der Waals surface area (Å²) in [5, 5.41) is 12.2. The highest BCUT2D eigenvalue weighted by Gasteiger charge is 2.41. The second-order valence-corrected chi connectivity index (χ2v) is 8.25. The lowest BCUT2D eigenvalue weighted by atomic mass is 10.0. The Balaban J connectivity index is 1.99. The van der Waals surface area contributed by atoms with Gasteiger partial charge in [0.05, 0.1) is 16.4 Å². The Hall–Kier alpha value is -1.80. The van der Waals surface area contributed by atoms with Gasteiger partial charge in [0, 0.05) is 15.7 Å². The number of aliphatic carboxylic acids is 1. The molecule has 0 spiro atoms. The molecule has 8 heteroatoms. The zero-order valence-electron chi connectivity index (χ0n) is 13.7. The summed E-state index contributed by atoms with van der Waals surface area (Å²) < 4.78 is 0.802. The van der Waals surface area contributed by atoms with Crippen LogP contribution in [0.25, 0.3) is 5.57 Å². The number of fused-ring (bicyclic) bond motifs is 1. The normalized spacial score (nSPS) is 20.9. The van der Waals surface area contributed by atoms with Crippen molar-refractivity contribution < 1.29 is 19.5 Å². The van der Waals surface area contributed by atoms with Crippen molar-refractivity contribution in [2.24, 2.45) is 5.92 Å². The van der Waals surface area contributed by atoms with Crippen LogP contribution in [0.1, 0.15) is 25.8 Å². The molecule has 2 heterocycles. The zero-order valence-corrected chi connectivity index (χ0v) is 16.1. The van der Waals surface area contributed by atoms with Gasteiger partial charge in [-0.05, 0) is 30.5 Å². The van der Waals surface area contributed by atoms with E-state index in [-0.39, 0.29) is 17.7 Å². The van der Waals surface area contributed by atoms with E-state index < -0.39 is 17.9 Å². The van der Waals surface area contributed by atoms with Crippen LogP contribution in [-0.2, 0) is 14.4 Å². The van der Waals surface area contributed by atoms with E-state index in [1.807, 2.05) is 19.9 Å². The lowest BCUT2D eigenvalue weighted by Crippen LogP contribution is -2.43. The predicted molar refractivity (Wildman–Crippen MR) is 99.9 cm³/mol. The number of carbonyl (C=O) groups is 3. The van der Waals surface area contributed by atoms with Gasteiger partial charge in [-0.3, -0.25) is 9.59 Å². The van der Waals surface area contributed by atoms with Crippen LogP contribution in [0.3, 0.4) is 0 Å². The van der Waals surface area contributed by atoms with Gasteiger partial charge >= 0.3 is 5.97 Å². The van der Waals surface area contributed by atoms with Gasteiger partial charge in [-0.25, -0.2) is 4.79 Å². The molecule has 0 unspecified atom stereocenters. The van der Waals surface area contributed by atoms with Crippen LogP contribution in [0.4, 0.5) is 5.69 Å². The first kappa shape index (κ1) is 18.0. The van der Waals surface area contributed by atoms with Gasteiger partial charge in [0.2, 0.25) is 0 Å². The second kappa shape index (κ2) is 6.84. The second-order valence-electron chi connectivity index (χ2n) is 6.38. The number of halogens is 1. The summed E-state index contributed by atoms with van der Waals surface area (Å²) in [5.41, 5.74) is 1.63. The highest BCUT2D eigenvalue weighted by atomic mass is 79.9. The fraction of sp³-hybridized carbons (Fsp3) is 0.353. The summed E-state index contributed by atoms with van der Waals surface area (Å²) in [7, 11) is 0. The number of nitrogens with one attached hydrogen (secondary N) is 1. The number of anilines is 1. The van der Waals surface area contributed by atoms with Gasteiger partial charge in [0.25, 0.3) is 11.8 Å². The molecule has 2 amide bonds. The molecular weight excluding hydrogens is 408 g/mol. The Bertz CT molecular complexity index is 806. The third kappa shape index (κ3) is 3.32. The SMILES string of the molecule is CC(C)C[C@H](C(=O)O)N1CS/C(=C2\C(=O)Nc3ccc(Br)cc32)C1=O. The minimum absolute atomic E-state index is 0.141. The summed E-state index contributed by atoms with van der Waals surface area (Å²) in [6.07, 6.45) is 0.374. The van der Waals surface area contributed by atoms with Crippen LogP contribution in [-0.4, -0.2) is 39.7 Å². The van der Waals surface area contributed by atoms with E-state index in [1.165, 1.54) is 16.7 Å². The van der Waals surface area contributed by atoms with E-state index in [4.69, 9.17) is 0 Å². The maximum atomic E-state index is 12.9. The number of thioether (sulfide) groups is 1. The van der Waals surface area contributed by atoms with Gasteiger partial charge in [-0.2, -0.15) is 0 Å². The molecule has 0 bridgehead atoms. The van der Waals surface area contributed by atoms with Crippen molar-refractivity contribution in [3.63, 3.8) is 0 Å². The Morgan fingerprint density at radius 2 is 2.12 bits per heavy atom. The number of amides is 2. The van der Waals surface area contributed by atoms with Gasteiger partial charge in [0.15, 0.2) is 0 Å². The Morgan fingerprint density at radius 1 is 1.40 bits per heavy atom. The molecule has 2 N–H and O–H groups in total. The van der Waals surface area contributed by atoms with Crippen molar-refractivity contribution in [3.05, 3.63) is 33.1 Å². The van der Waals surface area contributed by atoms with Crippen molar-refractivity contribution in [1.29, 1.82) is 0 Å². The topological polar surface area (TPSA) is 86.7 Å². The van der Waals surface area contributed by atoms with Crippen LogP contribution < -0.4 is 5.32 Å². The molecule has 1 aromatic carbocycles. The third-order valence-corrected chi connectivity index (χ3v) is 5.68. The van der Waals surface area contributed by atoms with E-state index in [1.54, 1.807) is 12.1 Å². The van der Waals surface area contributed by atoms with E-state index >= 15 is 0 Å². The molecule has 1 fully saturated rings. The van der Waals surface area contributed by atoms with Crippen LogP contribution >= 0.6 is 27.7 Å². The smallest absolute Gasteiger partial charge is 0.326 e. The number of rotatable bonds is 4. The average molecular weight is 425 g/mol. The van der Waals surface area contributed by atoms with Gasteiger partial charge < -0.3 is 15.3 Å². The summed E-state index contributed by atoms with van der Waals surface area (Å²) in [6.45, 7) is 3.84. The lowest BCUT2D eigenvalue weighted by molar-refractivity contribution is -0.148. The molecular formula is C17H17BrN2O4S.